The molecule has 3 heteroatoms. The minimum absolute atomic E-state index is 0.374. The van der Waals surface area contributed by atoms with E-state index in [0.717, 1.165) is 31.1 Å². The minimum Gasteiger partial charge on any atom is -0.390 e. The maximum Gasteiger partial charge on any atom is 0.133 e. The molecule has 102 valence electrons. The molecule has 2 aliphatic rings. The molecule has 18 heavy (non-hydrogen) atoms. The van der Waals surface area contributed by atoms with Gasteiger partial charge in [-0.2, -0.15) is 5.26 Å². The van der Waals surface area contributed by atoms with Crippen LogP contribution in [0.15, 0.2) is 0 Å². The molecule has 0 bridgehead atoms. The van der Waals surface area contributed by atoms with Crippen LogP contribution in [-0.2, 0) is 0 Å². The van der Waals surface area contributed by atoms with Gasteiger partial charge in [-0.1, -0.05) is 13.3 Å². The molecule has 2 nitrogen and oxygen atoms in total. The normalized spacial score (nSPS) is 41.3. The Balaban J connectivity index is 1.84. The van der Waals surface area contributed by atoms with Crippen LogP contribution in [0.4, 0.5) is 0 Å². The summed E-state index contributed by atoms with van der Waals surface area (Å²) in [7, 11) is 0. The molecule has 1 N–H and O–H groups in total. The van der Waals surface area contributed by atoms with Crippen LogP contribution in [0.2, 0.25) is 0 Å². The number of hydrogen-bond donors (Lipinski definition) is 1. The van der Waals surface area contributed by atoms with Gasteiger partial charge in [0.05, 0.1) is 5.60 Å². The summed E-state index contributed by atoms with van der Waals surface area (Å²) in [5, 5.41) is 22.0. The van der Waals surface area contributed by atoms with Crippen LogP contribution in [-0.4, -0.2) is 16.0 Å². The molecule has 2 atom stereocenters. The first kappa shape index (κ1) is 14.2. The molecule has 0 aromatic carbocycles. The smallest absolute Gasteiger partial charge is 0.133 e. The predicted molar refractivity (Wildman–Crippen MR) is 76.1 cm³/mol. The summed E-state index contributed by atoms with van der Waals surface area (Å²) < 4.78 is 0. The zero-order valence-electron chi connectivity index (χ0n) is 11.4. The number of nitrogens with zero attached hydrogens (tertiary/aromatic N) is 1. The highest BCUT2D eigenvalue weighted by molar-refractivity contribution is 8.04. The lowest BCUT2D eigenvalue weighted by Crippen LogP contribution is -2.38. The van der Waals surface area contributed by atoms with Crippen molar-refractivity contribution in [3.8, 4) is 5.40 Å². The number of thiocyanates is 1. The van der Waals surface area contributed by atoms with Gasteiger partial charge in [-0.05, 0) is 75.0 Å². The molecule has 0 spiro atoms. The Morgan fingerprint density at radius 2 is 1.94 bits per heavy atom. The summed E-state index contributed by atoms with van der Waals surface area (Å²) >= 11 is 1.46. The molecular weight excluding hydrogens is 242 g/mol. The van der Waals surface area contributed by atoms with Crippen LogP contribution in [0.5, 0.6) is 0 Å². The second-order valence-electron chi connectivity index (χ2n) is 6.18. The molecular formula is C15H25NOS. The lowest BCUT2D eigenvalue weighted by Gasteiger charge is -2.41. The molecule has 0 radical (unpaired) electrons. The summed E-state index contributed by atoms with van der Waals surface area (Å²) in [4.78, 5) is 0. The van der Waals surface area contributed by atoms with Gasteiger partial charge in [-0.3, -0.25) is 0 Å². The van der Waals surface area contributed by atoms with Crippen LogP contribution in [0.3, 0.4) is 0 Å². The Morgan fingerprint density at radius 1 is 1.22 bits per heavy atom. The van der Waals surface area contributed by atoms with Gasteiger partial charge in [-0.15, -0.1) is 0 Å². The first-order chi connectivity index (χ1) is 8.67. The molecule has 0 aromatic heterocycles. The third-order valence-electron chi connectivity index (χ3n) is 5.12. The summed E-state index contributed by atoms with van der Waals surface area (Å²) in [5.74, 6) is 1.54. The van der Waals surface area contributed by atoms with Crippen molar-refractivity contribution in [1.29, 1.82) is 5.26 Å². The maximum absolute atomic E-state index is 10.5. The van der Waals surface area contributed by atoms with Crippen molar-refractivity contribution in [2.24, 2.45) is 11.8 Å². The number of hydrogen-bond acceptors (Lipinski definition) is 3. The van der Waals surface area contributed by atoms with Gasteiger partial charge in [0.1, 0.15) is 5.40 Å². The fourth-order valence-corrected chi connectivity index (χ4v) is 4.52. The number of aliphatic hydroxyl groups is 1. The first-order valence-electron chi connectivity index (χ1n) is 7.44. The zero-order chi connectivity index (χ0) is 13.0. The van der Waals surface area contributed by atoms with Crippen molar-refractivity contribution in [3.63, 3.8) is 0 Å². The lowest BCUT2D eigenvalue weighted by molar-refractivity contribution is -0.0335. The largest absolute Gasteiger partial charge is 0.390 e. The monoisotopic (exact) mass is 267 g/mol. The summed E-state index contributed by atoms with van der Waals surface area (Å²) in [5.41, 5.74) is -0.374. The molecule has 2 fully saturated rings. The highest BCUT2D eigenvalue weighted by Gasteiger charge is 2.37. The van der Waals surface area contributed by atoms with E-state index in [0.29, 0.717) is 5.25 Å². The van der Waals surface area contributed by atoms with E-state index in [1.807, 2.05) is 0 Å². The predicted octanol–water partition coefficient (Wildman–Crippen LogP) is 4.09. The average Bonchev–Trinajstić information content (AvgIpc) is 2.40. The summed E-state index contributed by atoms with van der Waals surface area (Å²) in [6, 6.07) is 0. The Kier molecular flexibility index (Phi) is 4.98. The molecule has 0 aliphatic heterocycles. The van der Waals surface area contributed by atoms with Gasteiger partial charge in [0.2, 0.25) is 0 Å². The van der Waals surface area contributed by atoms with Crippen molar-refractivity contribution >= 4 is 11.8 Å². The van der Waals surface area contributed by atoms with E-state index >= 15 is 0 Å². The Labute approximate surface area is 115 Å². The third kappa shape index (κ3) is 3.42. The second kappa shape index (κ2) is 6.30. The van der Waals surface area contributed by atoms with E-state index in [2.05, 4.69) is 12.3 Å². The quantitative estimate of drug-likeness (QED) is 0.783. The van der Waals surface area contributed by atoms with Gasteiger partial charge in [0.15, 0.2) is 0 Å². The Bertz CT molecular complexity index is 306. The second-order valence-corrected chi connectivity index (χ2v) is 7.27. The number of thioether (sulfide) groups is 1. The molecule has 0 saturated heterocycles. The standard InChI is InChI=1S/C15H25NOS/c1-2-15(17)9-3-4-13(10-15)12-5-7-14(8-6-12)18-11-16/h12-14,17H,2-10H2,1H3. The summed E-state index contributed by atoms with van der Waals surface area (Å²) in [6.07, 6.45) is 10.4. The van der Waals surface area contributed by atoms with Crippen molar-refractivity contribution in [2.45, 2.75) is 75.6 Å². The fourth-order valence-electron chi connectivity index (χ4n) is 3.86. The van der Waals surface area contributed by atoms with Gasteiger partial charge in [-0.25, -0.2) is 0 Å². The third-order valence-corrected chi connectivity index (χ3v) is 6.03. The highest BCUT2D eigenvalue weighted by atomic mass is 32.2. The summed E-state index contributed by atoms with van der Waals surface area (Å²) in [6.45, 7) is 2.11. The topological polar surface area (TPSA) is 44.0 Å². The molecule has 0 heterocycles. The number of nitriles is 1. The van der Waals surface area contributed by atoms with E-state index in [9.17, 15) is 5.11 Å². The first-order valence-corrected chi connectivity index (χ1v) is 8.32. The molecule has 2 aliphatic carbocycles. The molecule has 2 saturated carbocycles. The van der Waals surface area contributed by atoms with Crippen LogP contribution >= 0.6 is 11.8 Å². The lowest BCUT2D eigenvalue weighted by atomic mass is 9.68. The van der Waals surface area contributed by atoms with Gasteiger partial charge < -0.3 is 5.11 Å². The van der Waals surface area contributed by atoms with Crippen LogP contribution in [0.1, 0.15) is 64.7 Å². The highest BCUT2D eigenvalue weighted by Crippen LogP contribution is 2.44. The van der Waals surface area contributed by atoms with E-state index in [1.54, 1.807) is 0 Å². The van der Waals surface area contributed by atoms with E-state index in [1.165, 1.54) is 50.3 Å². The van der Waals surface area contributed by atoms with E-state index in [-0.39, 0.29) is 5.60 Å². The molecule has 0 amide bonds. The Hall–Kier alpha value is -0.200. The number of rotatable bonds is 3. The van der Waals surface area contributed by atoms with Gasteiger partial charge >= 0.3 is 0 Å². The SMILES string of the molecule is CCC1(O)CCCC(C2CCC(SC#N)CC2)C1. The van der Waals surface area contributed by atoms with E-state index in [4.69, 9.17) is 5.26 Å². The van der Waals surface area contributed by atoms with Gasteiger partial charge in [0, 0.05) is 5.25 Å². The molecule has 0 aromatic rings. The van der Waals surface area contributed by atoms with Gasteiger partial charge in [0.25, 0.3) is 0 Å². The van der Waals surface area contributed by atoms with Crippen LogP contribution in [0.25, 0.3) is 0 Å². The van der Waals surface area contributed by atoms with Crippen LogP contribution < -0.4 is 0 Å². The fraction of sp³-hybridized carbons (Fsp3) is 0.933. The average molecular weight is 267 g/mol. The van der Waals surface area contributed by atoms with Crippen LogP contribution in [0, 0.1) is 22.5 Å². The van der Waals surface area contributed by atoms with E-state index < -0.39 is 0 Å². The van der Waals surface area contributed by atoms with Crippen molar-refractivity contribution in [3.05, 3.63) is 0 Å². The van der Waals surface area contributed by atoms with Crippen molar-refractivity contribution in [1.82, 2.24) is 0 Å². The minimum atomic E-state index is -0.374. The molecule has 2 rings (SSSR count). The molecule has 2 unspecified atom stereocenters. The maximum atomic E-state index is 10.5. The van der Waals surface area contributed by atoms with Crippen molar-refractivity contribution < 1.29 is 5.11 Å². The Morgan fingerprint density at radius 3 is 2.56 bits per heavy atom. The van der Waals surface area contributed by atoms with Crippen molar-refractivity contribution in [2.75, 3.05) is 0 Å². The zero-order valence-corrected chi connectivity index (χ0v) is 12.2.